The zero-order chi connectivity index (χ0) is 15.7. The highest BCUT2D eigenvalue weighted by molar-refractivity contribution is 9.08. The van der Waals surface area contributed by atoms with Gasteiger partial charge in [0.2, 0.25) is 0 Å². The van der Waals surface area contributed by atoms with Crippen molar-refractivity contribution in [3.63, 3.8) is 0 Å². The third-order valence-electron chi connectivity index (χ3n) is 3.45. The van der Waals surface area contributed by atoms with Crippen LogP contribution in [-0.4, -0.2) is 33.7 Å². The van der Waals surface area contributed by atoms with E-state index in [0.29, 0.717) is 29.7 Å². The molecule has 1 saturated heterocycles. The van der Waals surface area contributed by atoms with Gasteiger partial charge in [-0.15, -0.1) is 5.10 Å². The number of carbonyl (C=O) groups excluding carboxylic acids is 1. The number of aryl methyl sites for hydroxylation is 1. The molecule has 0 spiro atoms. The topological polar surface area (TPSA) is 60.3 Å². The number of halogens is 2. The molecule has 0 aliphatic carbocycles. The predicted octanol–water partition coefficient (Wildman–Crippen LogP) is 2.65. The van der Waals surface area contributed by atoms with Crippen LogP contribution in [-0.2, 0) is 16.6 Å². The highest BCUT2D eigenvalue weighted by Crippen LogP contribution is 2.24. The van der Waals surface area contributed by atoms with Crippen LogP contribution in [0.4, 0.5) is 14.9 Å². The van der Waals surface area contributed by atoms with Crippen molar-refractivity contribution < 1.29 is 13.9 Å². The lowest BCUT2D eigenvalue weighted by molar-refractivity contribution is 0.129. The highest BCUT2D eigenvalue weighted by Gasteiger charge is 2.33. The molecule has 2 aromatic rings. The Labute approximate surface area is 135 Å². The van der Waals surface area contributed by atoms with E-state index in [1.54, 1.807) is 29.9 Å². The molecule has 1 aromatic carbocycles. The normalized spacial score (nSPS) is 17.9. The van der Waals surface area contributed by atoms with Crippen LogP contribution in [0.15, 0.2) is 24.4 Å². The van der Waals surface area contributed by atoms with Gasteiger partial charge in [-0.1, -0.05) is 27.2 Å². The number of aromatic nitrogens is 3. The lowest BCUT2D eigenvalue weighted by Crippen LogP contribution is -2.26. The summed E-state index contributed by atoms with van der Waals surface area (Å²) in [5.74, 6) is -0.341. The molecular formula is C14H14BrFN4O2. The van der Waals surface area contributed by atoms with E-state index in [1.807, 2.05) is 0 Å². The summed E-state index contributed by atoms with van der Waals surface area (Å²) in [6.45, 7) is 2.44. The maximum absolute atomic E-state index is 13.6. The minimum absolute atomic E-state index is 0.341. The molecule has 2 heterocycles. The number of carbonyl (C=O) groups is 1. The average Bonchev–Trinajstić information content (AvgIpc) is 3.09. The molecule has 8 heteroatoms. The van der Waals surface area contributed by atoms with Gasteiger partial charge in [0.1, 0.15) is 11.9 Å². The molecule has 0 saturated carbocycles. The maximum Gasteiger partial charge on any atom is 0.414 e. The Morgan fingerprint density at radius 3 is 3.00 bits per heavy atom. The molecule has 0 unspecified atom stereocenters. The minimum atomic E-state index is -0.478. The van der Waals surface area contributed by atoms with Crippen LogP contribution in [0.3, 0.4) is 0 Å². The summed E-state index contributed by atoms with van der Waals surface area (Å²) >= 11 is 3.30. The number of ether oxygens (including phenoxy) is 1. The largest absolute Gasteiger partial charge is 0.442 e. The lowest BCUT2D eigenvalue weighted by atomic mass is 10.2. The SMILES string of the molecule is Cc1ccc(N2C[C@H](Cn3cc(CBr)nn3)OC2=O)cc1F. The van der Waals surface area contributed by atoms with Crippen LogP contribution in [0.1, 0.15) is 11.3 Å². The summed E-state index contributed by atoms with van der Waals surface area (Å²) in [4.78, 5) is 13.4. The third-order valence-corrected chi connectivity index (χ3v) is 4.03. The van der Waals surface area contributed by atoms with E-state index < -0.39 is 6.09 Å². The van der Waals surface area contributed by atoms with Crippen LogP contribution in [0.5, 0.6) is 0 Å². The molecule has 116 valence electrons. The van der Waals surface area contributed by atoms with Gasteiger partial charge in [-0.3, -0.25) is 4.90 Å². The van der Waals surface area contributed by atoms with E-state index >= 15 is 0 Å². The quantitative estimate of drug-likeness (QED) is 0.778. The molecule has 3 rings (SSSR count). The standard InChI is InChI=1S/C14H14BrFN4O2/c1-9-2-3-11(4-13(9)16)20-8-12(22-14(20)21)7-19-6-10(5-15)17-18-19/h2-4,6,12H,5,7-8H2,1H3/t12-/m0/s1. The zero-order valence-corrected chi connectivity index (χ0v) is 13.5. The van der Waals surface area contributed by atoms with Gasteiger partial charge < -0.3 is 4.74 Å². The van der Waals surface area contributed by atoms with Gasteiger partial charge in [0.05, 0.1) is 24.5 Å². The van der Waals surface area contributed by atoms with Crippen molar-refractivity contribution in [1.29, 1.82) is 0 Å². The van der Waals surface area contributed by atoms with Gasteiger partial charge in [-0.05, 0) is 24.6 Å². The summed E-state index contributed by atoms with van der Waals surface area (Å²) in [6.07, 6.45) is 0.965. The molecule has 22 heavy (non-hydrogen) atoms. The second-order valence-electron chi connectivity index (χ2n) is 5.12. The Balaban J connectivity index is 1.71. The molecule has 1 aromatic heterocycles. The van der Waals surface area contributed by atoms with E-state index in [1.165, 1.54) is 11.0 Å². The summed E-state index contributed by atoms with van der Waals surface area (Å²) in [5.41, 5.74) is 1.84. The van der Waals surface area contributed by atoms with Crippen LogP contribution < -0.4 is 4.90 Å². The Morgan fingerprint density at radius 2 is 2.32 bits per heavy atom. The van der Waals surface area contributed by atoms with Gasteiger partial charge in [-0.25, -0.2) is 13.9 Å². The van der Waals surface area contributed by atoms with Crippen molar-refractivity contribution >= 4 is 27.7 Å². The molecule has 1 atom stereocenters. The second kappa shape index (κ2) is 6.04. The molecule has 0 bridgehead atoms. The van der Waals surface area contributed by atoms with E-state index in [4.69, 9.17) is 4.74 Å². The van der Waals surface area contributed by atoms with Crippen molar-refractivity contribution in [2.75, 3.05) is 11.4 Å². The van der Waals surface area contributed by atoms with Gasteiger partial charge in [0.25, 0.3) is 0 Å². The first-order valence-electron chi connectivity index (χ1n) is 6.76. The number of alkyl halides is 1. The first-order valence-corrected chi connectivity index (χ1v) is 7.88. The molecule has 1 amide bonds. The Hall–Kier alpha value is -1.96. The molecule has 0 N–H and O–H groups in total. The summed E-state index contributed by atoms with van der Waals surface area (Å²) in [7, 11) is 0. The van der Waals surface area contributed by atoms with E-state index in [2.05, 4.69) is 26.2 Å². The van der Waals surface area contributed by atoms with Crippen molar-refractivity contribution in [3.8, 4) is 0 Å². The molecular weight excluding hydrogens is 355 g/mol. The van der Waals surface area contributed by atoms with Gasteiger partial charge in [0.15, 0.2) is 0 Å². The van der Waals surface area contributed by atoms with Gasteiger partial charge >= 0.3 is 6.09 Å². The van der Waals surface area contributed by atoms with E-state index in [9.17, 15) is 9.18 Å². The summed E-state index contributed by atoms with van der Waals surface area (Å²) in [6, 6.07) is 4.70. The van der Waals surface area contributed by atoms with Gasteiger partial charge in [-0.2, -0.15) is 0 Å². The van der Waals surface area contributed by atoms with Crippen molar-refractivity contribution in [2.45, 2.75) is 24.9 Å². The smallest absolute Gasteiger partial charge is 0.414 e. The second-order valence-corrected chi connectivity index (χ2v) is 5.68. The summed E-state index contributed by atoms with van der Waals surface area (Å²) in [5, 5.41) is 8.54. The number of benzene rings is 1. The summed E-state index contributed by atoms with van der Waals surface area (Å²) < 4.78 is 20.6. The van der Waals surface area contributed by atoms with E-state index in [-0.39, 0.29) is 11.9 Å². The lowest BCUT2D eigenvalue weighted by Gasteiger charge is -2.13. The number of cyclic esters (lactones) is 1. The molecule has 1 fully saturated rings. The third kappa shape index (κ3) is 2.96. The monoisotopic (exact) mass is 368 g/mol. The fraction of sp³-hybridized carbons (Fsp3) is 0.357. The maximum atomic E-state index is 13.6. The Bertz CT molecular complexity index is 706. The minimum Gasteiger partial charge on any atom is -0.442 e. The van der Waals surface area contributed by atoms with Crippen molar-refractivity contribution in [3.05, 3.63) is 41.5 Å². The zero-order valence-electron chi connectivity index (χ0n) is 11.9. The van der Waals surface area contributed by atoms with E-state index in [0.717, 1.165) is 5.69 Å². The number of amides is 1. The average molecular weight is 369 g/mol. The van der Waals surface area contributed by atoms with Crippen molar-refractivity contribution in [1.82, 2.24) is 15.0 Å². The van der Waals surface area contributed by atoms with Crippen LogP contribution >= 0.6 is 15.9 Å². The number of hydrogen-bond donors (Lipinski definition) is 0. The van der Waals surface area contributed by atoms with Crippen molar-refractivity contribution in [2.24, 2.45) is 0 Å². The number of hydrogen-bond acceptors (Lipinski definition) is 4. The number of nitrogens with zero attached hydrogens (tertiary/aromatic N) is 4. The molecule has 1 aliphatic rings. The number of anilines is 1. The first kappa shape index (κ1) is 15.0. The van der Waals surface area contributed by atoms with Crippen LogP contribution in [0.2, 0.25) is 0 Å². The predicted molar refractivity (Wildman–Crippen MR) is 81.4 cm³/mol. The molecule has 1 aliphatic heterocycles. The first-order chi connectivity index (χ1) is 10.6. The van der Waals surface area contributed by atoms with Gasteiger partial charge in [0, 0.05) is 11.5 Å². The molecule has 0 radical (unpaired) electrons. The fourth-order valence-electron chi connectivity index (χ4n) is 2.27. The highest BCUT2D eigenvalue weighted by atomic mass is 79.9. The molecule has 6 nitrogen and oxygen atoms in total. The Kier molecular flexibility index (Phi) is 4.10. The Morgan fingerprint density at radius 1 is 1.50 bits per heavy atom. The van der Waals surface area contributed by atoms with Crippen LogP contribution in [0.25, 0.3) is 0 Å². The fourth-order valence-corrected chi connectivity index (χ4v) is 2.53. The number of rotatable bonds is 4. The van der Waals surface area contributed by atoms with Crippen LogP contribution in [0, 0.1) is 12.7 Å².